The Morgan fingerprint density at radius 2 is 2.04 bits per heavy atom. The van der Waals surface area contributed by atoms with Gasteiger partial charge in [0.2, 0.25) is 0 Å². The van der Waals surface area contributed by atoms with Gasteiger partial charge in [-0.3, -0.25) is 9.58 Å². The van der Waals surface area contributed by atoms with E-state index in [0.29, 0.717) is 6.04 Å². The molecule has 4 rings (SSSR count). The minimum atomic E-state index is 0.409. The number of aryl methyl sites for hydroxylation is 2. The van der Waals surface area contributed by atoms with Crippen LogP contribution in [0.1, 0.15) is 17.8 Å². The highest BCUT2D eigenvalue weighted by Gasteiger charge is 2.23. The standard InChI is InChI=1S/C18H22N6/c1-13-20-17(16-10-19-23(2)18(16)21-13)22-15-8-9-24(12-15)11-14-6-4-3-5-7-14/h3-7,10,15H,8-9,11-12H2,1-2H3,(H,20,21,22)/t15-/m0/s1. The third kappa shape index (κ3) is 2.97. The number of nitrogens with one attached hydrogen (secondary N) is 1. The molecule has 1 aliphatic rings. The Bertz CT molecular complexity index is 841. The summed E-state index contributed by atoms with van der Waals surface area (Å²) in [6, 6.07) is 11.1. The summed E-state index contributed by atoms with van der Waals surface area (Å²) >= 11 is 0. The fourth-order valence-electron chi connectivity index (χ4n) is 3.37. The average molecular weight is 322 g/mol. The van der Waals surface area contributed by atoms with E-state index in [1.807, 2.05) is 20.2 Å². The highest BCUT2D eigenvalue weighted by Crippen LogP contribution is 2.23. The van der Waals surface area contributed by atoms with Crippen molar-refractivity contribution in [2.24, 2.45) is 7.05 Å². The molecule has 1 fully saturated rings. The third-order valence-electron chi connectivity index (χ3n) is 4.57. The maximum absolute atomic E-state index is 4.59. The summed E-state index contributed by atoms with van der Waals surface area (Å²) in [5.74, 6) is 1.67. The van der Waals surface area contributed by atoms with Gasteiger partial charge in [0.25, 0.3) is 0 Å². The predicted octanol–water partition coefficient (Wildman–Crippen LogP) is 2.36. The molecular formula is C18H22N6. The van der Waals surface area contributed by atoms with Gasteiger partial charge >= 0.3 is 0 Å². The summed E-state index contributed by atoms with van der Waals surface area (Å²) in [6.45, 7) is 5.06. The summed E-state index contributed by atoms with van der Waals surface area (Å²) in [5.41, 5.74) is 2.25. The van der Waals surface area contributed by atoms with Gasteiger partial charge in [-0.05, 0) is 18.9 Å². The van der Waals surface area contributed by atoms with Crippen LogP contribution in [-0.4, -0.2) is 43.8 Å². The van der Waals surface area contributed by atoms with Crippen molar-refractivity contribution in [3.8, 4) is 0 Å². The Kier molecular flexibility index (Phi) is 3.90. The van der Waals surface area contributed by atoms with Crippen molar-refractivity contribution in [1.29, 1.82) is 0 Å². The molecule has 124 valence electrons. The van der Waals surface area contributed by atoms with Gasteiger partial charge in [0.15, 0.2) is 5.65 Å². The number of benzene rings is 1. The van der Waals surface area contributed by atoms with Crippen molar-refractivity contribution in [3.05, 3.63) is 47.9 Å². The van der Waals surface area contributed by atoms with E-state index in [4.69, 9.17) is 0 Å². The van der Waals surface area contributed by atoms with Crippen LogP contribution in [0.15, 0.2) is 36.5 Å². The van der Waals surface area contributed by atoms with Gasteiger partial charge in [-0.25, -0.2) is 9.97 Å². The molecule has 3 heterocycles. The fraction of sp³-hybridized carbons (Fsp3) is 0.389. The zero-order valence-electron chi connectivity index (χ0n) is 14.1. The molecule has 0 bridgehead atoms. The van der Waals surface area contributed by atoms with Gasteiger partial charge in [-0.15, -0.1) is 0 Å². The zero-order valence-corrected chi connectivity index (χ0v) is 14.1. The third-order valence-corrected chi connectivity index (χ3v) is 4.57. The smallest absolute Gasteiger partial charge is 0.163 e. The molecule has 1 aliphatic heterocycles. The topological polar surface area (TPSA) is 58.9 Å². The van der Waals surface area contributed by atoms with Gasteiger partial charge in [0.05, 0.1) is 11.6 Å². The molecule has 3 aromatic rings. The maximum atomic E-state index is 4.59. The first-order valence-corrected chi connectivity index (χ1v) is 8.38. The second-order valence-corrected chi connectivity index (χ2v) is 6.48. The van der Waals surface area contributed by atoms with Crippen molar-refractivity contribution < 1.29 is 0 Å². The molecule has 6 nitrogen and oxygen atoms in total. The molecule has 0 saturated carbocycles. The molecule has 0 radical (unpaired) electrons. The maximum Gasteiger partial charge on any atom is 0.163 e. The Balaban J connectivity index is 1.47. The number of nitrogens with zero attached hydrogens (tertiary/aromatic N) is 5. The molecule has 1 saturated heterocycles. The van der Waals surface area contributed by atoms with Crippen molar-refractivity contribution in [1.82, 2.24) is 24.6 Å². The summed E-state index contributed by atoms with van der Waals surface area (Å²) < 4.78 is 1.80. The highest BCUT2D eigenvalue weighted by atomic mass is 15.3. The van der Waals surface area contributed by atoms with Crippen LogP contribution < -0.4 is 5.32 Å². The van der Waals surface area contributed by atoms with Crippen LogP contribution in [0.3, 0.4) is 0 Å². The minimum absolute atomic E-state index is 0.409. The van der Waals surface area contributed by atoms with E-state index >= 15 is 0 Å². The first-order valence-electron chi connectivity index (χ1n) is 8.38. The van der Waals surface area contributed by atoms with Crippen LogP contribution in [0.5, 0.6) is 0 Å². The van der Waals surface area contributed by atoms with Crippen molar-refractivity contribution >= 4 is 16.9 Å². The Labute approximate surface area is 141 Å². The van der Waals surface area contributed by atoms with Crippen molar-refractivity contribution in [2.45, 2.75) is 25.9 Å². The number of fused-ring (bicyclic) bond motifs is 1. The molecule has 0 aliphatic carbocycles. The molecular weight excluding hydrogens is 300 g/mol. The first-order chi connectivity index (χ1) is 11.7. The van der Waals surface area contributed by atoms with Gasteiger partial charge < -0.3 is 5.32 Å². The van der Waals surface area contributed by atoms with Gasteiger partial charge in [0.1, 0.15) is 11.6 Å². The monoisotopic (exact) mass is 322 g/mol. The highest BCUT2D eigenvalue weighted by molar-refractivity contribution is 5.86. The van der Waals surface area contributed by atoms with E-state index in [-0.39, 0.29) is 0 Å². The fourth-order valence-corrected chi connectivity index (χ4v) is 3.37. The lowest BCUT2D eigenvalue weighted by molar-refractivity contribution is 0.328. The quantitative estimate of drug-likeness (QED) is 0.799. The molecule has 24 heavy (non-hydrogen) atoms. The Hall–Kier alpha value is -2.47. The predicted molar refractivity (Wildman–Crippen MR) is 94.8 cm³/mol. The lowest BCUT2D eigenvalue weighted by Crippen LogP contribution is -2.26. The van der Waals surface area contributed by atoms with E-state index in [1.54, 1.807) is 4.68 Å². The average Bonchev–Trinajstić information content (AvgIpc) is 3.16. The summed E-state index contributed by atoms with van der Waals surface area (Å²) in [6.07, 6.45) is 2.96. The van der Waals surface area contributed by atoms with Gasteiger partial charge in [-0.2, -0.15) is 5.10 Å². The van der Waals surface area contributed by atoms with Crippen molar-refractivity contribution in [3.63, 3.8) is 0 Å². The van der Waals surface area contributed by atoms with E-state index in [9.17, 15) is 0 Å². The van der Waals surface area contributed by atoms with Crippen LogP contribution in [0.25, 0.3) is 11.0 Å². The van der Waals surface area contributed by atoms with Crippen LogP contribution in [-0.2, 0) is 13.6 Å². The number of hydrogen-bond acceptors (Lipinski definition) is 5. The van der Waals surface area contributed by atoms with Crippen LogP contribution in [0, 0.1) is 6.92 Å². The summed E-state index contributed by atoms with van der Waals surface area (Å²) in [4.78, 5) is 11.6. The minimum Gasteiger partial charge on any atom is -0.365 e. The number of aromatic nitrogens is 4. The molecule has 0 unspecified atom stereocenters. The second kappa shape index (κ2) is 6.20. The number of rotatable bonds is 4. The van der Waals surface area contributed by atoms with Crippen LogP contribution in [0.2, 0.25) is 0 Å². The second-order valence-electron chi connectivity index (χ2n) is 6.48. The molecule has 6 heteroatoms. The SMILES string of the molecule is Cc1nc(N[C@H]2CCN(Cc3ccccc3)C2)c2cnn(C)c2n1. The van der Waals surface area contributed by atoms with E-state index < -0.39 is 0 Å². The molecule has 1 atom stereocenters. The lowest BCUT2D eigenvalue weighted by atomic mass is 10.2. The summed E-state index contributed by atoms with van der Waals surface area (Å²) in [7, 11) is 1.91. The van der Waals surface area contributed by atoms with Crippen LogP contribution >= 0.6 is 0 Å². The molecule has 0 amide bonds. The number of likely N-dealkylation sites (tertiary alicyclic amines) is 1. The van der Waals surface area contributed by atoms with E-state index in [2.05, 4.69) is 55.6 Å². The van der Waals surface area contributed by atoms with Gasteiger partial charge in [-0.1, -0.05) is 30.3 Å². The first kappa shape index (κ1) is 15.1. The van der Waals surface area contributed by atoms with Crippen LogP contribution in [0.4, 0.5) is 5.82 Å². The molecule has 1 N–H and O–H groups in total. The summed E-state index contributed by atoms with van der Waals surface area (Å²) in [5, 5.41) is 8.90. The largest absolute Gasteiger partial charge is 0.365 e. The number of anilines is 1. The van der Waals surface area contributed by atoms with E-state index in [0.717, 1.165) is 48.7 Å². The van der Waals surface area contributed by atoms with Gasteiger partial charge in [0, 0.05) is 32.7 Å². The Morgan fingerprint density at radius 3 is 2.88 bits per heavy atom. The Morgan fingerprint density at radius 1 is 1.21 bits per heavy atom. The molecule has 2 aromatic heterocycles. The molecule has 1 aromatic carbocycles. The normalized spacial score (nSPS) is 18.3. The van der Waals surface area contributed by atoms with Crippen molar-refractivity contribution in [2.75, 3.05) is 18.4 Å². The van der Waals surface area contributed by atoms with E-state index in [1.165, 1.54) is 5.56 Å². The zero-order chi connectivity index (χ0) is 16.5. The lowest BCUT2D eigenvalue weighted by Gasteiger charge is -2.17. The number of hydrogen-bond donors (Lipinski definition) is 1. The molecule has 0 spiro atoms.